The molecule has 1 saturated heterocycles. The summed E-state index contributed by atoms with van der Waals surface area (Å²) in [6, 6.07) is 17.4. The molecule has 180 valence electrons. The lowest BCUT2D eigenvalue weighted by atomic mass is 9.82. The fraction of sp³-hybridized carbons (Fsp3) is 0.423. The van der Waals surface area contributed by atoms with Crippen molar-refractivity contribution >= 4 is 17.9 Å². The highest BCUT2D eigenvalue weighted by atomic mass is 16.6. The van der Waals surface area contributed by atoms with Crippen molar-refractivity contribution in [3.63, 3.8) is 0 Å². The van der Waals surface area contributed by atoms with E-state index in [9.17, 15) is 14.4 Å². The molecule has 2 aliphatic rings. The molecular formula is C26H32N4O4. The summed E-state index contributed by atoms with van der Waals surface area (Å²) in [7, 11) is 0. The van der Waals surface area contributed by atoms with Crippen molar-refractivity contribution in [1.82, 2.24) is 15.1 Å². The molecule has 1 saturated carbocycles. The summed E-state index contributed by atoms with van der Waals surface area (Å²) in [4.78, 5) is 41.9. The number of carbonyl (C=O) groups is 3. The van der Waals surface area contributed by atoms with Crippen LogP contribution < -0.4 is 15.8 Å². The number of hydrogen-bond donors (Lipinski definition) is 2. The summed E-state index contributed by atoms with van der Waals surface area (Å²) in [5, 5.41) is 2.90. The Bertz CT molecular complexity index is 977. The van der Waals surface area contributed by atoms with Crippen LogP contribution in [0.5, 0.6) is 5.75 Å². The van der Waals surface area contributed by atoms with Crippen LogP contribution in [0.4, 0.5) is 4.79 Å². The second-order valence-electron chi connectivity index (χ2n) is 8.92. The number of nitrogens with zero attached hydrogens (tertiary/aromatic N) is 2. The molecule has 0 spiro atoms. The molecule has 0 radical (unpaired) electrons. The van der Waals surface area contributed by atoms with Crippen molar-refractivity contribution in [2.24, 2.45) is 11.7 Å². The Morgan fingerprint density at radius 1 is 0.882 bits per heavy atom. The van der Waals surface area contributed by atoms with E-state index >= 15 is 0 Å². The Morgan fingerprint density at radius 2 is 1.50 bits per heavy atom. The third kappa shape index (κ3) is 5.75. The van der Waals surface area contributed by atoms with E-state index in [0.717, 1.165) is 25.7 Å². The molecule has 1 aliphatic carbocycles. The van der Waals surface area contributed by atoms with E-state index in [1.54, 1.807) is 29.2 Å². The highest BCUT2D eigenvalue weighted by Crippen LogP contribution is 2.30. The molecule has 1 aliphatic heterocycles. The maximum absolute atomic E-state index is 13.3. The van der Waals surface area contributed by atoms with E-state index < -0.39 is 11.9 Å². The minimum atomic E-state index is -0.846. The molecule has 0 aromatic heterocycles. The topological polar surface area (TPSA) is 105 Å². The lowest BCUT2D eigenvalue weighted by Crippen LogP contribution is -2.57. The van der Waals surface area contributed by atoms with Gasteiger partial charge in [-0.15, -0.1) is 0 Å². The summed E-state index contributed by atoms with van der Waals surface area (Å²) in [6.45, 7) is 2.45. The van der Waals surface area contributed by atoms with Crippen molar-refractivity contribution in [2.75, 3.05) is 26.2 Å². The summed E-state index contributed by atoms with van der Waals surface area (Å²) in [5.41, 5.74) is 6.29. The normalized spacial score (nSPS) is 21.9. The number of piperazine rings is 1. The van der Waals surface area contributed by atoms with Crippen LogP contribution in [0.3, 0.4) is 0 Å². The SMILES string of the molecule is NC(=O)[C@@H](NC(=O)[C@@H]1CCCC[C@H]1N1CCN(C(=O)Oc2ccccc2)CC1)c1ccccc1. The summed E-state index contributed by atoms with van der Waals surface area (Å²) in [6.07, 6.45) is 3.37. The van der Waals surface area contributed by atoms with Crippen LogP contribution in [-0.2, 0) is 9.59 Å². The number of ether oxygens (including phenoxy) is 1. The van der Waals surface area contributed by atoms with Gasteiger partial charge in [-0.25, -0.2) is 4.79 Å². The number of rotatable bonds is 6. The number of amides is 3. The Kier molecular flexibility index (Phi) is 7.80. The minimum absolute atomic E-state index is 0.0744. The van der Waals surface area contributed by atoms with E-state index in [1.807, 2.05) is 36.4 Å². The number of primary amides is 1. The van der Waals surface area contributed by atoms with Gasteiger partial charge in [0.25, 0.3) is 0 Å². The average Bonchev–Trinajstić information content (AvgIpc) is 2.88. The molecule has 8 nitrogen and oxygen atoms in total. The predicted molar refractivity (Wildman–Crippen MR) is 128 cm³/mol. The van der Waals surface area contributed by atoms with Crippen molar-refractivity contribution in [2.45, 2.75) is 37.8 Å². The van der Waals surface area contributed by atoms with Crippen LogP contribution in [0.2, 0.25) is 0 Å². The molecule has 3 N–H and O–H groups in total. The van der Waals surface area contributed by atoms with Gasteiger partial charge >= 0.3 is 6.09 Å². The Morgan fingerprint density at radius 3 is 2.15 bits per heavy atom. The summed E-state index contributed by atoms with van der Waals surface area (Å²) >= 11 is 0. The molecule has 0 unspecified atom stereocenters. The molecule has 2 fully saturated rings. The van der Waals surface area contributed by atoms with Gasteiger partial charge in [0, 0.05) is 32.2 Å². The third-order valence-corrected chi connectivity index (χ3v) is 6.76. The van der Waals surface area contributed by atoms with Crippen molar-refractivity contribution in [3.8, 4) is 5.75 Å². The van der Waals surface area contributed by atoms with Gasteiger partial charge in [-0.1, -0.05) is 61.4 Å². The second kappa shape index (κ2) is 11.2. The first-order chi connectivity index (χ1) is 16.5. The fourth-order valence-electron chi connectivity index (χ4n) is 4.96. The highest BCUT2D eigenvalue weighted by molar-refractivity contribution is 5.88. The molecule has 4 rings (SSSR count). The van der Waals surface area contributed by atoms with Crippen molar-refractivity contribution < 1.29 is 19.1 Å². The van der Waals surface area contributed by atoms with E-state index in [1.165, 1.54) is 0 Å². The summed E-state index contributed by atoms with van der Waals surface area (Å²) < 4.78 is 5.46. The van der Waals surface area contributed by atoms with E-state index in [2.05, 4.69) is 10.2 Å². The predicted octanol–water partition coefficient (Wildman–Crippen LogP) is 2.70. The van der Waals surface area contributed by atoms with Crippen LogP contribution in [0.25, 0.3) is 0 Å². The van der Waals surface area contributed by atoms with Crippen LogP contribution in [0, 0.1) is 5.92 Å². The second-order valence-corrected chi connectivity index (χ2v) is 8.92. The monoisotopic (exact) mass is 464 g/mol. The van der Waals surface area contributed by atoms with Crippen molar-refractivity contribution in [3.05, 3.63) is 66.2 Å². The van der Waals surface area contributed by atoms with E-state index in [-0.39, 0.29) is 24.0 Å². The third-order valence-electron chi connectivity index (χ3n) is 6.76. The van der Waals surface area contributed by atoms with Gasteiger partial charge < -0.3 is 20.7 Å². The Balaban J connectivity index is 1.36. The lowest BCUT2D eigenvalue weighted by Gasteiger charge is -2.43. The zero-order valence-electron chi connectivity index (χ0n) is 19.3. The largest absolute Gasteiger partial charge is 0.415 e. The number of carbonyl (C=O) groups excluding carboxylic acids is 3. The highest BCUT2D eigenvalue weighted by Gasteiger charge is 2.38. The smallest absolute Gasteiger partial charge is 0.410 e. The molecule has 8 heteroatoms. The molecule has 3 atom stereocenters. The maximum Gasteiger partial charge on any atom is 0.415 e. The van der Waals surface area contributed by atoms with Gasteiger partial charge in [-0.2, -0.15) is 0 Å². The maximum atomic E-state index is 13.3. The van der Waals surface area contributed by atoms with Gasteiger partial charge in [0.15, 0.2) is 0 Å². The van der Waals surface area contributed by atoms with Crippen LogP contribution >= 0.6 is 0 Å². The molecule has 3 amide bonds. The van der Waals surface area contributed by atoms with E-state index in [0.29, 0.717) is 37.5 Å². The fourth-order valence-corrected chi connectivity index (χ4v) is 4.96. The van der Waals surface area contributed by atoms with Gasteiger partial charge in [-0.3, -0.25) is 14.5 Å². The van der Waals surface area contributed by atoms with E-state index in [4.69, 9.17) is 10.5 Å². The summed E-state index contributed by atoms with van der Waals surface area (Å²) in [5.74, 6) is -0.399. The Labute approximate surface area is 200 Å². The van der Waals surface area contributed by atoms with Gasteiger partial charge in [0.2, 0.25) is 11.8 Å². The van der Waals surface area contributed by atoms with Crippen LogP contribution in [0.1, 0.15) is 37.3 Å². The lowest BCUT2D eigenvalue weighted by molar-refractivity contribution is -0.133. The first-order valence-corrected chi connectivity index (χ1v) is 11.9. The van der Waals surface area contributed by atoms with Crippen molar-refractivity contribution in [1.29, 1.82) is 0 Å². The number of hydrogen-bond acceptors (Lipinski definition) is 5. The molecule has 34 heavy (non-hydrogen) atoms. The van der Waals surface area contributed by atoms with Gasteiger partial charge in [0.05, 0.1) is 5.92 Å². The zero-order chi connectivity index (χ0) is 23.9. The average molecular weight is 465 g/mol. The number of nitrogens with two attached hydrogens (primary N) is 1. The molecule has 0 bridgehead atoms. The van der Waals surface area contributed by atoms with Crippen LogP contribution in [-0.4, -0.2) is 59.9 Å². The number of benzene rings is 2. The first-order valence-electron chi connectivity index (χ1n) is 11.9. The molecule has 2 aromatic carbocycles. The quantitative estimate of drug-likeness (QED) is 0.684. The Hall–Kier alpha value is -3.39. The standard InChI is InChI=1S/C26H32N4O4/c27-24(31)23(19-9-3-1-4-10-19)28-25(32)21-13-7-8-14-22(21)29-15-17-30(18-16-29)26(33)34-20-11-5-2-6-12-20/h1-6,9-12,21-23H,7-8,13-18H2,(H2,27,31)(H,28,32)/t21-,22-,23+/m1/s1. The number of nitrogens with one attached hydrogen (secondary N) is 1. The van der Waals surface area contributed by atoms with Gasteiger partial charge in [-0.05, 0) is 30.5 Å². The molecule has 2 aromatic rings. The molecule has 1 heterocycles. The minimum Gasteiger partial charge on any atom is -0.410 e. The van der Waals surface area contributed by atoms with Gasteiger partial charge in [0.1, 0.15) is 11.8 Å². The van der Waals surface area contributed by atoms with Crippen LogP contribution in [0.15, 0.2) is 60.7 Å². The first kappa shape index (κ1) is 23.8. The molecular weight excluding hydrogens is 432 g/mol. The zero-order valence-corrected chi connectivity index (χ0v) is 19.3. The number of para-hydroxylation sites is 1.